The number of anilines is 1. The molecule has 3 rings (SSSR count). The van der Waals surface area contributed by atoms with E-state index in [1.807, 2.05) is 19.1 Å². The molecule has 0 spiro atoms. The molecule has 1 aliphatic heterocycles. The molecule has 7 nitrogen and oxygen atoms in total. The molecule has 1 aliphatic rings. The molecular formula is C17H23N5O2. The molecular weight excluding hydrogens is 306 g/mol. The second-order valence-corrected chi connectivity index (χ2v) is 5.77. The third-order valence-corrected chi connectivity index (χ3v) is 4.29. The Kier molecular flexibility index (Phi) is 5.22. The summed E-state index contributed by atoms with van der Waals surface area (Å²) >= 11 is 0. The van der Waals surface area contributed by atoms with Crippen LogP contribution in [0.4, 0.5) is 5.82 Å². The van der Waals surface area contributed by atoms with Crippen LogP contribution in [0, 0.1) is 6.92 Å². The minimum absolute atomic E-state index is 0.0291. The van der Waals surface area contributed by atoms with Crippen molar-refractivity contribution >= 4 is 11.5 Å². The average Bonchev–Trinajstić information content (AvgIpc) is 2.98. The first-order valence-electron chi connectivity index (χ1n) is 8.15. The Morgan fingerprint density at radius 3 is 3.00 bits per heavy atom. The van der Waals surface area contributed by atoms with Crippen LogP contribution in [-0.4, -0.2) is 59.4 Å². The van der Waals surface area contributed by atoms with Gasteiger partial charge in [0.1, 0.15) is 11.5 Å². The zero-order valence-corrected chi connectivity index (χ0v) is 14.1. The Balaban J connectivity index is 2.06. The Bertz CT molecular complexity index is 704. The van der Waals surface area contributed by atoms with Crippen molar-refractivity contribution in [3.63, 3.8) is 0 Å². The summed E-state index contributed by atoms with van der Waals surface area (Å²) in [4.78, 5) is 11.5. The molecule has 2 aromatic heterocycles. The first-order chi connectivity index (χ1) is 11.7. The standard InChI is InChI=1S/C17H23N5O2/c1-12-13(11-23)10-15(22-6-3-8-24-9-7-22)20-16(12)17(18-2)14-4-5-19-21-14/h4-5,10,23H,3,6-9,11H2,1-2H3,(H,19,21). The lowest BCUT2D eigenvalue weighted by molar-refractivity contribution is 0.152. The fraction of sp³-hybridized carbons (Fsp3) is 0.471. The predicted octanol–water partition coefficient (Wildman–Crippen LogP) is 1.30. The Hall–Kier alpha value is -2.25. The Morgan fingerprint density at radius 2 is 2.29 bits per heavy atom. The summed E-state index contributed by atoms with van der Waals surface area (Å²) in [6, 6.07) is 3.83. The molecule has 3 heterocycles. The van der Waals surface area contributed by atoms with E-state index in [4.69, 9.17) is 9.72 Å². The van der Waals surface area contributed by atoms with Gasteiger partial charge in [-0.2, -0.15) is 5.10 Å². The van der Waals surface area contributed by atoms with E-state index in [0.717, 1.165) is 60.2 Å². The van der Waals surface area contributed by atoms with Gasteiger partial charge in [0, 0.05) is 32.9 Å². The molecule has 0 unspecified atom stereocenters. The number of nitrogens with one attached hydrogen (secondary N) is 1. The second-order valence-electron chi connectivity index (χ2n) is 5.77. The normalized spacial score (nSPS) is 16.3. The number of hydrogen-bond acceptors (Lipinski definition) is 6. The topological polar surface area (TPSA) is 86.6 Å². The molecule has 2 aromatic rings. The third kappa shape index (κ3) is 3.32. The number of rotatable bonds is 4. The summed E-state index contributed by atoms with van der Waals surface area (Å²) in [5.74, 6) is 0.853. The highest BCUT2D eigenvalue weighted by Gasteiger charge is 2.19. The zero-order chi connectivity index (χ0) is 16.9. The van der Waals surface area contributed by atoms with Gasteiger partial charge in [-0.05, 0) is 36.6 Å². The number of aliphatic imine (C=N–C) groups is 1. The van der Waals surface area contributed by atoms with Gasteiger partial charge in [-0.25, -0.2) is 4.98 Å². The SMILES string of the molecule is CN=C(c1ccn[nH]1)c1nc(N2CCCOCC2)cc(CO)c1C. The summed E-state index contributed by atoms with van der Waals surface area (Å²) < 4.78 is 5.53. The van der Waals surface area contributed by atoms with Crippen molar-refractivity contribution in [3.8, 4) is 0 Å². The summed E-state index contributed by atoms with van der Waals surface area (Å²) in [7, 11) is 1.74. The lowest BCUT2D eigenvalue weighted by Gasteiger charge is -2.23. The van der Waals surface area contributed by atoms with E-state index in [1.165, 1.54) is 0 Å². The molecule has 0 aromatic carbocycles. The Morgan fingerprint density at radius 1 is 1.42 bits per heavy atom. The number of aromatic nitrogens is 3. The van der Waals surface area contributed by atoms with Crippen LogP contribution in [0.25, 0.3) is 0 Å². The van der Waals surface area contributed by atoms with Crippen LogP contribution in [0.2, 0.25) is 0 Å². The maximum absolute atomic E-state index is 9.78. The maximum Gasteiger partial charge on any atom is 0.129 e. The molecule has 1 fully saturated rings. The molecule has 0 atom stereocenters. The van der Waals surface area contributed by atoms with E-state index < -0.39 is 0 Å². The third-order valence-electron chi connectivity index (χ3n) is 4.29. The molecule has 0 aliphatic carbocycles. The highest BCUT2D eigenvalue weighted by molar-refractivity contribution is 6.11. The minimum Gasteiger partial charge on any atom is -0.392 e. The van der Waals surface area contributed by atoms with Crippen LogP contribution in [0.3, 0.4) is 0 Å². The van der Waals surface area contributed by atoms with Crippen LogP contribution >= 0.6 is 0 Å². The van der Waals surface area contributed by atoms with Gasteiger partial charge in [-0.15, -0.1) is 0 Å². The van der Waals surface area contributed by atoms with E-state index in [2.05, 4.69) is 20.1 Å². The van der Waals surface area contributed by atoms with Crippen LogP contribution in [0.15, 0.2) is 23.3 Å². The number of pyridine rings is 1. The van der Waals surface area contributed by atoms with Crippen LogP contribution in [0.5, 0.6) is 0 Å². The molecule has 2 N–H and O–H groups in total. The van der Waals surface area contributed by atoms with Crippen molar-refractivity contribution in [3.05, 3.63) is 40.8 Å². The molecule has 7 heteroatoms. The van der Waals surface area contributed by atoms with Crippen molar-refractivity contribution in [2.75, 3.05) is 38.3 Å². The number of aromatic amines is 1. The lowest BCUT2D eigenvalue weighted by atomic mass is 10.0. The molecule has 0 amide bonds. The number of aliphatic hydroxyl groups excluding tert-OH is 1. The number of H-pyrrole nitrogens is 1. The summed E-state index contributed by atoms with van der Waals surface area (Å²) in [5, 5.41) is 16.7. The van der Waals surface area contributed by atoms with Crippen molar-refractivity contribution in [1.29, 1.82) is 0 Å². The first kappa shape index (κ1) is 16.6. The number of ether oxygens (including phenoxy) is 1. The van der Waals surface area contributed by atoms with Crippen LogP contribution in [0.1, 0.15) is 28.9 Å². The van der Waals surface area contributed by atoms with Gasteiger partial charge in [-0.3, -0.25) is 10.1 Å². The quantitative estimate of drug-likeness (QED) is 0.826. The zero-order valence-electron chi connectivity index (χ0n) is 14.1. The number of nitrogens with zero attached hydrogens (tertiary/aromatic N) is 4. The highest BCUT2D eigenvalue weighted by atomic mass is 16.5. The number of aliphatic hydroxyl groups is 1. The summed E-state index contributed by atoms with van der Waals surface area (Å²) in [6.45, 7) is 5.09. The van der Waals surface area contributed by atoms with Crippen molar-refractivity contribution in [2.24, 2.45) is 4.99 Å². The van der Waals surface area contributed by atoms with Gasteiger partial charge in [0.05, 0.1) is 24.6 Å². The highest BCUT2D eigenvalue weighted by Crippen LogP contribution is 2.23. The van der Waals surface area contributed by atoms with E-state index in [-0.39, 0.29) is 6.61 Å². The van der Waals surface area contributed by atoms with Gasteiger partial charge in [0.2, 0.25) is 0 Å². The van der Waals surface area contributed by atoms with E-state index in [0.29, 0.717) is 6.61 Å². The van der Waals surface area contributed by atoms with E-state index in [1.54, 1.807) is 13.2 Å². The maximum atomic E-state index is 9.78. The molecule has 0 saturated carbocycles. The van der Waals surface area contributed by atoms with Crippen molar-refractivity contribution in [2.45, 2.75) is 20.0 Å². The monoisotopic (exact) mass is 329 g/mol. The summed E-state index contributed by atoms with van der Waals surface area (Å²) in [5.41, 5.74) is 4.12. The van der Waals surface area contributed by atoms with Crippen molar-refractivity contribution < 1.29 is 9.84 Å². The average molecular weight is 329 g/mol. The fourth-order valence-electron chi connectivity index (χ4n) is 2.92. The van der Waals surface area contributed by atoms with Gasteiger partial charge in [0.15, 0.2) is 0 Å². The largest absolute Gasteiger partial charge is 0.392 e. The van der Waals surface area contributed by atoms with Gasteiger partial charge in [0.25, 0.3) is 0 Å². The molecule has 0 bridgehead atoms. The summed E-state index contributed by atoms with van der Waals surface area (Å²) in [6.07, 6.45) is 2.66. The molecule has 0 radical (unpaired) electrons. The van der Waals surface area contributed by atoms with Crippen LogP contribution < -0.4 is 4.90 Å². The minimum atomic E-state index is -0.0291. The van der Waals surface area contributed by atoms with Crippen molar-refractivity contribution in [1.82, 2.24) is 15.2 Å². The van der Waals surface area contributed by atoms with Gasteiger partial charge < -0.3 is 14.7 Å². The van der Waals surface area contributed by atoms with Gasteiger partial charge >= 0.3 is 0 Å². The lowest BCUT2D eigenvalue weighted by Crippen LogP contribution is -2.28. The molecule has 1 saturated heterocycles. The first-order valence-corrected chi connectivity index (χ1v) is 8.15. The second kappa shape index (κ2) is 7.55. The Labute approximate surface area is 141 Å². The smallest absolute Gasteiger partial charge is 0.129 e. The fourth-order valence-corrected chi connectivity index (χ4v) is 2.92. The molecule has 128 valence electrons. The van der Waals surface area contributed by atoms with Crippen LogP contribution in [-0.2, 0) is 11.3 Å². The van der Waals surface area contributed by atoms with Gasteiger partial charge in [-0.1, -0.05) is 0 Å². The molecule has 24 heavy (non-hydrogen) atoms. The van der Waals surface area contributed by atoms with E-state index >= 15 is 0 Å². The number of hydrogen-bond donors (Lipinski definition) is 2. The van der Waals surface area contributed by atoms with E-state index in [9.17, 15) is 5.11 Å². The predicted molar refractivity (Wildman–Crippen MR) is 92.7 cm³/mol.